The van der Waals surface area contributed by atoms with Crippen molar-refractivity contribution >= 4 is 44.1 Å². The lowest BCUT2D eigenvalue weighted by atomic mass is 10.1. The monoisotopic (exact) mass is 383 g/mol. The molecule has 0 bridgehead atoms. The quantitative estimate of drug-likeness (QED) is 0.809. The zero-order valence-electron chi connectivity index (χ0n) is 11.9. The van der Waals surface area contributed by atoms with Gasteiger partial charge in [-0.3, -0.25) is 4.79 Å². The van der Waals surface area contributed by atoms with Crippen LogP contribution < -0.4 is 5.32 Å². The molecule has 0 aromatic carbocycles. The van der Waals surface area contributed by atoms with E-state index in [0.717, 1.165) is 29.7 Å². The number of furan rings is 1. The average Bonchev–Trinajstić information content (AvgIpc) is 3.14. The summed E-state index contributed by atoms with van der Waals surface area (Å²) in [7, 11) is 0. The van der Waals surface area contributed by atoms with Gasteiger partial charge in [0.15, 0.2) is 10.4 Å². The van der Waals surface area contributed by atoms with Gasteiger partial charge in [-0.1, -0.05) is 0 Å². The van der Waals surface area contributed by atoms with E-state index in [2.05, 4.69) is 21.2 Å². The summed E-state index contributed by atoms with van der Waals surface area (Å²) in [6.07, 6.45) is 2.82. The molecule has 0 unspecified atom stereocenters. The minimum atomic E-state index is -0.379. The first kappa shape index (κ1) is 15.3. The summed E-state index contributed by atoms with van der Waals surface area (Å²) in [4.78, 5) is 25.6. The number of hydrogen-bond acceptors (Lipinski definition) is 5. The summed E-state index contributed by atoms with van der Waals surface area (Å²) in [5.74, 6) is -0.566. The van der Waals surface area contributed by atoms with Gasteiger partial charge in [-0.15, -0.1) is 11.3 Å². The fourth-order valence-corrected chi connectivity index (χ4v) is 4.09. The first-order chi connectivity index (χ1) is 10.6. The van der Waals surface area contributed by atoms with E-state index in [4.69, 9.17) is 9.15 Å². The second-order valence-electron chi connectivity index (χ2n) is 4.84. The van der Waals surface area contributed by atoms with Gasteiger partial charge < -0.3 is 14.5 Å². The number of aryl methyl sites for hydroxylation is 1. The molecular weight excluding hydrogens is 370 g/mol. The van der Waals surface area contributed by atoms with Gasteiger partial charge >= 0.3 is 5.97 Å². The molecule has 0 saturated heterocycles. The molecule has 1 aliphatic rings. The maximum Gasteiger partial charge on any atom is 0.341 e. The minimum absolute atomic E-state index is 0.190. The molecule has 2 aromatic rings. The van der Waals surface area contributed by atoms with Crippen LogP contribution in [0.3, 0.4) is 0 Å². The number of anilines is 1. The topological polar surface area (TPSA) is 68.5 Å². The van der Waals surface area contributed by atoms with Crippen LogP contribution in [0.15, 0.2) is 21.2 Å². The van der Waals surface area contributed by atoms with E-state index >= 15 is 0 Å². The van der Waals surface area contributed by atoms with E-state index in [-0.39, 0.29) is 17.6 Å². The zero-order valence-corrected chi connectivity index (χ0v) is 14.3. The number of halogens is 1. The number of nitrogens with one attached hydrogen (secondary N) is 1. The Morgan fingerprint density at radius 3 is 2.91 bits per heavy atom. The number of esters is 1. The second kappa shape index (κ2) is 6.26. The van der Waals surface area contributed by atoms with Gasteiger partial charge in [0.25, 0.3) is 5.91 Å². The summed E-state index contributed by atoms with van der Waals surface area (Å²) in [5, 5.41) is 3.32. The van der Waals surface area contributed by atoms with Gasteiger partial charge in [-0.25, -0.2) is 4.79 Å². The summed E-state index contributed by atoms with van der Waals surface area (Å²) >= 11 is 4.61. The second-order valence-corrected chi connectivity index (χ2v) is 6.73. The largest absolute Gasteiger partial charge is 0.462 e. The number of amides is 1. The van der Waals surface area contributed by atoms with Crippen molar-refractivity contribution in [3.8, 4) is 0 Å². The van der Waals surface area contributed by atoms with E-state index in [1.54, 1.807) is 19.1 Å². The van der Waals surface area contributed by atoms with E-state index in [1.165, 1.54) is 11.3 Å². The van der Waals surface area contributed by atoms with Gasteiger partial charge in [-0.2, -0.15) is 0 Å². The molecule has 0 atom stereocenters. The molecule has 5 nitrogen and oxygen atoms in total. The summed E-state index contributed by atoms with van der Waals surface area (Å²) < 4.78 is 10.8. The van der Waals surface area contributed by atoms with Crippen molar-refractivity contribution in [1.82, 2.24) is 0 Å². The molecule has 22 heavy (non-hydrogen) atoms. The molecule has 0 fully saturated rings. The molecule has 116 valence electrons. The average molecular weight is 384 g/mol. The summed E-state index contributed by atoms with van der Waals surface area (Å²) in [6.45, 7) is 2.07. The van der Waals surface area contributed by atoms with E-state index in [1.807, 2.05) is 0 Å². The number of carbonyl (C=O) groups excluding carboxylic acids is 2. The first-order valence-electron chi connectivity index (χ1n) is 6.98. The predicted octanol–water partition coefficient (Wildman–Crippen LogP) is 4.02. The number of hydrogen-bond donors (Lipinski definition) is 1. The van der Waals surface area contributed by atoms with Crippen molar-refractivity contribution in [2.75, 3.05) is 11.9 Å². The highest BCUT2D eigenvalue weighted by Gasteiger charge is 2.28. The van der Waals surface area contributed by atoms with Gasteiger partial charge in [0.2, 0.25) is 0 Å². The van der Waals surface area contributed by atoms with Crippen LogP contribution in [0.25, 0.3) is 0 Å². The minimum Gasteiger partial charge on any atom is -0.462 e. The van der Waals surface area contributed by atoms with Crippen LogP contribution in [0, 0.1) is 0 Å². The number of ether oxygens (including phenoxy) is 1. The lowest BCUT2D eigenvalue weighted by Crippen LogP contribution is -2.14. The first-order valence-corrected chi connectivity index (χ1v) is 8.59. The van der Waals surface area contributed by atoms with E-state index < -0.39 is 0 Å². The Labute approximate surface area is 139 Å². The highest BCUT2D eigenvalue weighted by molar-refractivity contribution is 9.10. The third-order valence-electron chi connectivity index (χ3n) is 3.42. The molecule has 2 aromatic heterocycles. The number of thiophene rings is 1. The van der Waals surface area contributed by atoms with Gasteiger partial charge in [0.1, 0.15) is 5.00 Å². The Morgan fingerprint density at radius 2 is 2.23 bits per heavy atom. The van der Waals surface area contributed by atoms with Crippen molar-refractivity contribution in [2.45, 2.75) is 26.2 Å². The van der Waals surface area contributed by atoms with Crippen molar-refractivity contribution in [2.24, 2.45) is 0 Å². The van der Waals surface area contributed by atoms with Crippen LogP contribution in [-0.2, 0) is 17.6 Å². The van der Waals surface area contributed by atoms with Gasteiger partial charge in [0, 0.05) is 4.88 Å². The predicted molar refractivity (Wildman–Crippen MR) is 86.7 cm³/mol. The maximum atomic E-state index is 12.2. The molecule has 3 rings (SSSR count). The normalized spacial score (nSPS) is 13.0. The molecule has 0 radical (unpaired) electrons. The smallest absolute Gasteiger partial charge is 0.341 e. The summed E-state index contributed by atoms with van der Waals surface area (Å²) in [5.41, 5.74) is 1.51. The van der Waals surface area contributed by atoms with Crippen molar-refractivity contribution < 1.29 is 18.7 Å². The molecule has 7 heteroatoms. The molecule has 0 aliphatic heterocycles. The summed E-state index contributed by atoms with van der Waals surface area (Å²) in [6, 6.07) is 3.22. The Kier molecular flexibility index (Phi) is 4.35. The maximum absolute atomic E-state index is 12.2. The highest BCUT2D eigenvalue weighted by atomic mass is 79.9. The third kappa shape index (κ3) is 2.83. The van der Waals surface area contributed by atoms with Crippen molar-refractivity contribution in [3.05, 3.63) is 38.6 Å². The third-order valence-corrected chi connectivity index (χ3v) is 5.06. The zero-order chi connectivity index (χ0) is 15.7. The Balaban J connectivity index is 1.90. The van der Waals surface area contributed by atoms with Crippen molar-refractivity contribution in [1.29, 1.82) is 0 Å². The standard InChI is InChI=1S/C15H14BrNO4S/c1-2-20-15(19)12-8-4-3-5-10(8)22-14(12)17-13(18)9-6-7-11(16)21-9/h6-7H,2-5H2,1H3,(H,17,18). The number of rotatable bonds is 4. The Bertz CT molecular complexity index is 734. The fourth-order valence-electron chi connectivity index (χ4n) is 2.51. The molecule has 1 aliphatic carbocycles. The Morgan fingerprint density at radius 1 is 1.41 bits per heavy atom. The molecule has 2 heterocycles. The molecule has 1 amide bonds. The van der Waals surface area contributed by atoms with Crippen LogP contribution >= 0.6 is 27.3 Å². The van der Waals surface area contributed by atoms with Crippen LogP contribution in [-0.4, -0.2) is 18.5 Å². The van der Waals surface area contributed by atoms with Gasteiger partial charge in [0.05, 0.1) is 12.2 Å². The van der Waals surface area contributed by atoms with Crippen LogP contribution in [0.2, 0.25) is 0 Å². The lowest BCUT2D eigenvalue weighted by molar-refractivity contribution is 0.0527. The molecular formula is C15H14BrNO4S. The Hall–Kier alpha value is -1.60. The van der Waals surface area contributed by atoms with E-state index in [9.17, 15) is 9.59 Å². The highest BCUT2D eigenvalue weighted by Crippen LogP contribution is 2.39. The van der Waals surface area contributed by atoms with Crippen molar-refractivity contribution in [3.63, 3.8) is 0 Å². The molecule has 1 N–H and O–H groups in total. The van der Waals surface area contributed by atoms with E-state index in [0.29, 0.717) is 21.8 Å². The van der Waals surface area contributed by atoms with Gasteiger partial charge in [-0.05, 0) is 59.8 Å². The van der Waals surface area contributed by atoms with Crippen LogP contribution in [0.1, 0.15) is 44.7 Å². The SMILES string of the molecule is CCOC(=O)c1c(NC(=O)c2ccc(Br)o2)sc2c1CCC2. The molecule has 0 saturated carbocycles. The lowest BCUT2D eigenvalue weighted by Gasteiger charge is -2.06. The number of carbonyl (C=O) groups is 2. The number of fused-ring (bicyclic) bond motifs is 1. The van der Waals surface area contributed by atoms with Crippen LogP contribution in [0.5, 0.6) is 0 Å². The molecule has 0 spiro atoms. The van der Waals surface area contributed by atoms with Crippen LogP contribution in [0.4, 0.5) is 5.00 Å². The fraction of sp³-hybridized carbons (Fsp3) is 0.333.